The van der Waals surface area contributed by atoms with Crippen molar-refractivity contribution in [2.75, 3.05) is 0 Å². The zero-order valence-electron chi connectivity index (χ0n) is 22.3. The van der Waals surface area contributed by atoms with Crippen molar-refractivity contribution in [2.45, 2.75) is 58.2 Å². The normalized spacial score (nSPS) is 14.6. The third-order valence-electron chi connectivity index (χ3n) is 7.22. The van der Waals surface area contributed by atoms with Crippen LogP contribution in [0.15, 0.2) is 66.0 Å². The number of nitrogens with one attached hydrogen (secondary N) is 1. The summed E-state index contributed by atoms with van der Waals surface area (Å²) in [7, 11) is 0. The highest BCUT2D eigenvalue weighted by molar-refractivity contribution is 7.17. The molecule has 0 saturated carbocycles. The number of hydrogen-bond acceptors (Lipinski definition) is 6. The van der Waals surface area contributed by atoms with E-state index in [1.807, 2.05) is 19.1 Å². The van der Waals surface area contributed by atoms with E-state index in [9.17, 15) is 0 Å². The Balaban J connectivity index is 1.20. The monoisotopic (exact) mass is 534 g/mol. The molecule has 0 fully saturated rings. The average molecular weight is 535 g/mol. The number of fused-ring (bicyclic) bond motifs is 2. The van der Waals surface area contributed by atoms with Gasteiger partial charge in [-0.05, 0) is 96.4 Å². The molecule has 0 amide bonds. The SMILES string of the molecule is CC#C[C@@H](Cc1nnn[nH]1)c1ccc(OCc2ccc3scc(-c4cccc5c4CCC(C)(C)O5)c3c2)cc1. The second-order valence-corrected chi connectivity index (χ2v) is 11.4. The Kier molecular flexibility index (Phi) is 6.80. The molecule has 2 aromatic heterocycles. The summed E-state index contributed by atoms with van der Waals surface area (Å²) in [5.41, 5.74) is 5.98. The number of aromatic amines is 1. The number of thiophene rings is 1. The number of benzene rings is 3. The van der Waals surface area contributed by atoms with Gasteiger partial charge in [0, 0.05) is 27.6 Å². The van der Waals surface area contributed by atoms with Crippen molar-refractivity contribution in [3.63, 3.8) is 0 Å². The quantitative estimate of drug-likeness (QED) is 0.225. The van der Waals surface area contributed by atoms with E-state index < -0.39 is 0 Å². The zero-order chi connectivity index (χ0) is 26.8. The first-order valence-corrected chi connectivity index (χ1v) is 14.1. The Hall–Kier alpha value is -4.15. The van der Waals surface area contributed by atoms with E-state index in [1.54, 1.807) is 11.3 Å². The van der Waals surface area contributed by atoms with E-state index in [1.165, 1.54) is 26.8 Å². The largest absolute Gasteiger partial charge is 0.489 e. The summed E-state index contributed by atoms with van der Waals surface area (Å²) in [6, 6.07) is 21.2. The summed E-state index contributed by atoms with van der Waals surface area (Å²) in [6.45, 7) is 6.67. The molecule has 5 aromatic rings. The van der Waals surface area contributed by atoms with Gasteiger partial charge >= 0.3 is 0 Å². The van der Waals surface area contributed by atoms with E-state index in [0.29, 0.717) is 13.0 Å². The van der Waals surface area contributed by atoms with Gasteiger partial charge in [-0.25, -0.2) is 5.10 Å². The molecule has 3 aromatic carbocycles. The van der Waals surface area contributed by atoms with Crippen LogP contribution in [-0.4, -0.2) is 26.2 Å². The maximum Gasteiger partial charge on any atom is 0.150 e. The van der Waals surface area contributed by atoms with Crippen LogP contribution < -0.4 is 9.47 Å². The number of hydrogen-bond donors (Lipinski definition) is 1. The van der Waals surface area contributed by atoms with E-state index in [0.717, 1.165) is 41.3 Å². The first-order valence-electron chi connectivity index (χ1n) is 13.2. The van der Waals surface area contributed by atoms with Crippen molar-refractivity contribution >= 4 is 21.4 Å². The van der Waals surface area contributed by atoms with Crippen LogP contribution in [0, 0.1) is 11.8 Å². The minimum atomic E-state index is -0.121. The van der Waals surface area contributed by atoms with Crippen molar-refractivity contribution < 1.29 is 9.47 Å². The van der Waals surface area contributed by atoms with Gasteiger partial charge in [0.1, 0.15) is 29.5 Å². The molecule has 6 rings (SSSR count). The Morgan fingerprint density at radius 3 is 2.77 bits per heavy atom. The van der Waals surface area contributed by atoms with Gasteiger partial charge in [0.2, 0.25) is 0 Å². The molecule has 6 nitrogen and oxygen atoms in total. The van der Waals surface area contributed by atoms with E-state index >= 15 is 0 Å². The van der Waals surface area contributed by atoms with Gasteiger partial charge in [-0.3, -0.25) is 0 Å². The fraction of sp³-hybridized carbons (Fsp3) is 0.281. The number of tetrazole rings is 1. The molecule has 0 saturated heterocycles. The molecule has 1 N–H and O–H groups in total. The Morgan fingerprint density at radius 1 is 1.10 bits per heavy atom. The summed E-state index contributed by atoms with van der Waals surface area (Å²) in [6.07, 6.45) is 2.67. The number of nitrogens with zero attached hydrogens (tertiary/aromatic N) is 3. The number of rotatable bonds is 7. The van der Waals surface area contributed by atoms with Crippen molar-refractivity contribution in [1.29, 1.82) is 0 Å². The summed E-state index contributed by atoms with van der Waals surface area (Å²) in [4.78, 5) is 0. The van der Waals surface area contributed by atoms with E-state index in [2.05, 4.69) is 100 Å². The van der Waals surface area contributed by atoms with Gasteiger partial charge in [0.05, 0.1) is 5.92 Å². The molecule has 0 spiro atoms. The molecule has 196 valence electrons. The lowest BCUT2D eigenvalue weighted by molar-refractivity contribution is 0.0849. The first kappa shape index (κ1) is 25.1. The molecule has 0 aliphatic carbocycles. The minimum Gasteiger partial charge on any atom is -0.489 e. The maximum atomic E-state index is 6.31. The van der Waals surface area contributed by atoms with Gasteiger partial charge in [-0.15, -0.1) is 22.4 Å². The number of aromatic nitrogens is 4. The summed E-state index contributed by atoms with van der Waals surface area (Å²) < 4.78 is 13.8. The first-order chi connectivity index (χ1) is 19.0. The second kappa shape index (κ2) is 10.5. The highest BCUT2D eigenvalue weighted by Crippen LogP contribution is 2.42. The van der Waals surface area contributed by atoms with Crippen molar-refractivity contribution in [3.05, 3.63) is 88.6 Å². The Morgan fingerprint density at radius 2 is 1.97 bits per heavy atom. The second-order valence-electron chi connectivity index (χ2n) is 10.5. The van der Waals surface area contributed by atoms with Gasteiger partial charge < -0.3 is 9.47 Å². The third-order valence-corrected chi connectivity index (χ3v) is 8.18. The van der Waals surface area contributed by atoms with E-state index in [-0.39, 0.29) is 11.5 Å². The molecule has 1 atom stereocenters. The molecule has 0 unspecified atom stereocenters. The van der Waals surface area contributed by atoms with Crippen LogP contribution in [0.4, 0.5) is 0 Å². The molecule has 39 heavy (non-hydrogen) atoms. The van der Waals surface area contributed by atoms with Crippen molar-refractivity contribution in [2.24, 2.45) is 0 Å². The topological polar surface area (TPSA) is 72.9 Å². The lowest BCUT2D eigenvalue weighted by atomic mass is 9.89. The van der Waals surface area contributed by atoms with Crippen LogP contribution >= 0.6 is 11.3 Å². The van der Waals surface area contributed by atoms with Crippen LogP contribution in [0.5, 0.6) is 11.5 Å². The Bertz CT molecular complexity index is 1660. The molecule has 3 heterocycles. The highest BCUT2D eigenvalue weighted by atomic mass is 32.1. The van der Waals surface area contributed by atoms with Gasteiger partial charge in [0.15, 0.2) is 0 Å². The lowest BCUT2D eigenvalue weighted by Gasteiger charge is -2.33. The summed E-state index contributed by atoms with van der Waals surface area (Å²) in [5, 5.41) is 17.7. The molecule has 0 radical (unpaired) electrons. The average Bonchev–Trinajstić information content (AvgIpc) is 3.61. The van der Waals surface area contributed by atoms with E-state index in [4.69, 9.17) is 9.47 Å². The van der Waals surface area contributed by atoms with Crippen molar-refractivity contribution in [1.82, 2.24) is 20.6 Å². The maximum absolute atomic E-state index is 6.31. The predicted molar refractivity (Wildman–Crippen MR) is 155 cm³/mol. The van der Waals surface area contributed by atoms with Gasteiger partial charge in [0.25, 0.3) is 0 Å². The smallest absolute Gasteiger partial charge is 0.150 e. The van der Waals surface area contributed by atoms with Gasteiger partial charge in [-0.2, -0.15) is 0 Å². The third kappa shape index (κ3) is 5.39. The van der Waals surface area contributed by atoms with Gasteiger partial charge in [-0.1, -0.05) is 36.3 Å². The standard InChI is InChI=1S/C32H30N4O2S/c1-4-6-23(18-31-33-35-36-34-31)22-10-12-24(13-11-22)37-19-21-9-14-30-27(17-21)28(20-39-30)25-7-5-8-29-26(25)15-16-32(2,3)38-29/h5,7-14,17,20,23H,15-16,18-19H2,1-3H3,(H,33,34,35,36)/t23-/m0/s1. The fourth-order valence-corrected chi connectivity index (χ4v) is 6.11. The van der Waals surface area contributed by atoms with Crippen LogP contribution in [0.3, 0.4) is 0 Å². The summed E-state index contributed by atoms with van der Waals surface area (Å²) in [5.74, 6) is 8.84. The van der Waals surface area contributed by atoms with Crippen LogP contribution in [0.1, 0.15) is 55.6 Å². The van der Waals surface area contributed by atoms with Crippen LogP contribution in [0.2, 0.25) is 0 Å². The van der Waals surface area contributed by atoms with Crippen molar-refractivity contribution in [3.8, 4) is 34.5 Å². The van der Waals surface area contributed by atoms with Crippen LogP contribution in [0.25, 0.3) is 21.2 Å². The predicted octanol–water partition coefficient (Wildman–Crippen LogP) is 7.11. The molecule has 0 bridgehead atoms. The number of ether oxygens (including phenoxy) is 2. The van der Waals surface area contributed by atoms with Crippen LogP contribution in [-0.2, 0) is 19.4 Å². The minimum absolute atomic E-state index is 0.0124. The molecule has 1 aliphatic heterocycles. The fourth-order valence-electron chi connectivity index (χ4n) is 5.17. The molecule has 7 heteroatoms. The number of H-pyrrole nitrogens is 1. The Labute approximate surface area is 232 Å². The zero-order valence-corrected chi connectivity index (χ0v) is 23.1. The summed E-state index contributed by atoms with van der Waals surface area (Å²) >= 11 is 1.78. The highest BCUT2D eigenvalue weighted by Gasteiger charge is 2.28. The molecular formula is C32H30N4O2S. The lowest BCUT2D eigenvalue weighted by Crippen LogP contribution is -2.32. The molecular weight excluding hydrogens is 504 g/mol. The molecule has 1 aliphatic rings.